The van der Waals surface area contributed by atoms with Crippen LogP contribution >= 0.6 is 0 Å². The first-order chi connectivity index (χ1) is 16.9. The second-order valence-electron chi connectivity index (χ2n) is 9.44. The lowest BCUT2D eigenvalue weighted by atomic mass is 9.93. The van der Waals surface area contributed by atoms with Gasteiger partial charge in [0, 0.05) is 18.8 Å². The lowest BCUT2D eigenvalue weighted by Gasteiger charge is -2.26. The van der Waals surface area contributed by atoms with Crippen molar-refractivity contribution in [3.05, 3.63) is 82.9 Å². The summed E-state index contributed by atoms with van der Waals surface area (Å²) in [6.07, 6.45) is 0. The molecule has 1 aliphatic rings. The van der Waals surface area contributed by atoms with Crippen LogP contribution in [0.5, 0.6) is 17.2 Å². The number of ether oxygens (including phenoxy) is 3. The Hall–Kier alpha value is -3.67. The van der Waals surface area contributed by atoms with Crippen LogP contribution in [0.1, 0.15) is 61.8 Å². The molecule has 0 fully saturated rings. The maximum atomic E-state index is 13.8. The van der Waals surface area contributed by atoms with Gasteiger partial charge in [-0.1, -0.05) is 64.1 Å². The van der Waals surface area contributed by atoms with Gasteiger partial charge in [-0.2, -0.15) is 0 Å². The zero-order valence-electron chi connectivity index (χ0n) is 21.1. The number of fused-ring (bicyclic) bond motifs is 1. The number of carbonyl (C=O) groups excluding carboxylic acids is 1. The second kappa shape index (κ2) is 10.7. The summed E-state index contributed by atoms with van der Waals surface area (Å²) >= 11 is 0. The topological polar surface area (TPSA) is 60.0 Å². The van der Waals surface area contributed by atoms with Gasteiger partial charge >= 0.3 is 6.03 Å². The van der Waals surface area contributed by atoms with Crippen LogP contribution in [0.3, 0.4) is 0 Å². The first-order valence-corrected chi connectivity index (χ1v) is 12.1. The molecule has 0 aromatic heterocycles. The highest BCUT2D eigenvalue weighted by Gasteiger charge is 2.21. The van der Waals surface area contributed by atoms with E-state index in [1.54, 1.807) is 7.11 Å². The molecule has 0 unspecified atom stereocenters. The third-order valence-corrected chi connectivity index (χ3v) is 6.23. The largest absolute Gasteiger partial charge is 0.497 e. The van der Waals surface area contributed by atoms with Crippen LogP contribution in [0.25, 0.3) is 0 Å². The maximum Gasteiger partial charge on any atom is 0.322 e. The smallest absolute Gasteiger partial charge is 0.322 e. The highest BCUT2D eigenvalue weighted by atomic mass is 16.7. The van der Waals surface area contributed by atoms with Gasteiger partial charge < -0.3 is 24.4 Å². The van der Waals surface area contributed by atoms with Crippen LogP contribution in [0.2, 0.25) is 0 Å². The van der Waals surface area contributed by atoms with Crippen LogP contribution in [0, 0.1) is 0 Å². The number of nitrogens with one attached hydrogen (secondary N) is 1. The maximum absolute atomic E-state index is 13.8. The summed E-state index contributed by atoms with van der Waals surface area (Å²) in [6, 6.07) is 19.7. The van der Waals surface area contributed by atoms with Gasteiger partial charge in [-0.25, -0.2) is 4.79 Å². The number of nitrogens with zero attached hydrogens (tertiary/aromatic N) is 1. The average molecular weight is 475 g/mol. The molecule has 1 heterocycles. The number of benzene rings is 3. The molecular formula is C29H34N2O4. The number of para-hydroxylation sites is 1. The second-order valence-corrected chi connectivity index (χ2v) is 9.44. The molecule has 1 aliphatic heterocycles. The molecular weight excluding hydrogens is 440 g/mol. The monoisotopic (exact) mass is 474 g/mol. The van der Waals surface area contributed by atoms with E-state index in [0.717, 1.165) is 39.4 Å². The lowest BCUT2D eigenvalue weighted by molar-refractivity contribution is 0.174. The van der Waals surface area contributed by atoms with Crippen molar-refractivity contribution in [1.82, 2.24) is 4.90 Å². The van der Waals surface area contributed by atoms with E-state index in [1.165, 1.54) is 0 Å². The number of methoxy groups -OCH3 is 1. The van der Waals surface area contributed by atoms with Crippen molar-refractivity contribution in [1.29, 1.82) is 0 Å². The summed E-state index contributed by atoms with van der Waals surface area (Å²) in [5.74, 6) is 2.79. The number of amides is 2. The molecule has 3 aromatic rings. The van der Waals surface area contributed by atoms with Gasteiger partial charge in [-0.3, -0.25) is 0 Å². The van der Waals surface area contributed by atoms with Crippen molar-refractivity contribution >= 4 is 11.7 Å². The van der Waals surface area contributed by atoms with Crippen molar-refractivity contribution in [3.63, 3.8) is 0 Å². The Balaban J connectivity index is 1.64. The first-order valence-electron chi connectivity index (χ1n) is 12.1. The van der Waals surface area contributed by atoms with E-state index in [4.69, 9.17) is 14.2 Å². The third-order valence-electron chi connectivity index (χ3n) is 6.23. The lowest BCUT2D eigenvalue weighted by Crippen LogP contribution is -2.34. The molecule has 2 amide bonds. The zero-order valence-corrected chi connectivity index (χ0v) is 21.1. The van der Waals surface area contributed by atoms with Gasteiger partial charge in [-0.15, -0.1) is 0 Å². The molecule has 6 heteroatoms. The van der Waals surface area contributed by atoms with Crippen LogP contribution in [0.15, 0.2) is 60.7 Å². The van der Waals surface area contributed by atoms with E-state index in [1.807, 2.05) is 47.4 Å². The molecule has 1 N–H and O–H groups in total. The van der Waals surface area contributed by atoms with E-state index in [-0.39, 0.29) is 24.7 Å². The average Bonchev–Trinajstić information content (AvgIpc) is 3.32. The normalized spacial score (nSPS) is 12.2. The highest BCUT2D eigenvalue weighted by molar-refractivity contribution is 5.91. The molecule has 3 aromatic carbocycles. The van der Waals surface area contributed by atoms with E-state index >= 15 is 0 Å². The molecule has 4 rings (SSSR count). The van der Waals surface area contributed by atoms with E-state index in [0.29, 0.717) is 18.8 Å². The summed E-state index contributed by atoms with van der Waals surface area (Å²) in [6.45, 7) is 9.70. The SMILES string of the molecule is COc1ccc(CN(Cc2ccc3c(c2)OCO3)C(=O)Nc2c(C(C)C)cccc2C(C)C)cc1. The molecule has 0 spiro atoms. The van der Waals surface area contributed by atoms with Gasteiger partial charge in [0.25, 0.3) is 0 Å². The number of urea groups is 1. The molecule has 6 nitrogen and oxygen atoms in total. The number of hydrogen-bond acceptors (Lipinski definition) is 4. The molecule has 0 aliphatic carbocycles. The Morgan fingerprint density at radius 1 is 0.886 bits per heavy atom. The van der Waals surface area contributed by atoms with Crippen LogP contribution < -0.4 is 19.5 Å². The summed E-state index contributed by atoms with van der Waals surface area (Å²) in [4.78, 5) is 15.6. The zero-order chi connectivity index (χ0) is 24.9. The summed E-state index contributed by atoms with van der Waals surface area (Å²) in [5, 5.41) is 3.26. The van der Waals surface area contributed by atoms with E-state index in [2.05, 4.69) is 51.2 Å². The fraction of sp³-hybridized carbons (Fsp3) is 0.345. The minimum Gasteiger partial charge on any atom is -0.497 e. The number of anilines is 1. The van der Waals surface area contributed by atoms with Crippen molar-refractivity contribution in [2.45, 2.75) is 52.6 Å². The van der Waals surface area contributed by atoms with E-state index in [9.17, 15) is 4.79 Å². The summed E-state index contributed by atoms with van der Waals surface area (Å²) < 4.78 is 16.3. The minimum absolute atomic E-state index is 0.145. The fourth-order valence-corrected chi connectivity index (χ4v) is 4.29. The fourth-order valence-electron chi connectivity index (χ4n) is 4.29. The number of carbonyl (C=O) groups is 1. The van der Waals surface area contributed by atoms with Gasteiger partial charge in [0.15, 0.2) is 11.5 Å². The molecule has 0 radical (unpaired) electrons. The standard InChI is InChI=1S/C29H34N2O4/c1-19(2)24-7-6-8-25(20(3)4)28(24)30-29(32)31(16-21-9-12-23(33-5)13-10-21)17-22-11-14-26-27(15-22)35-18-34-26/h6-15,19-20H,16-18H2,1-5H3,(H,30,32). The van der Waals surface area contributed by atoms with Gasteiger partial charge in [0.05, 0.1) is 7.11 Å². The van der Waals surface area contributed by atoms with Crippen LogP contribution in [-0.4, -0.2) is 24.8 Å². The first kappa shape index (κ1) is 24.5. The van der Waals surface area contributed by atoms with Crippen LogP contribution in [0.4, 0.5) is 10.5 Å². The van der Waals surface area contributed by atoms with E-state index < -0.39 is 0 Å². The Bertz CT molecular complexity index is 1150. The Kier molecular flexibility index (Phi) is 7.49. The molecule has 0 saturated carbocycles. The van der Waals surface area contributed by atoms with Crippen molar-refractivity contribution < 1.29 is 19.0 Å². The highest BCUT2D eigenvalue weighted by Crippen LogP contribution is 2.34. The minimum atomic E-state index is -0.145. The van der Waals surface area contributed by atoms with Gasteiger partial charge in [0.1, 0.15) is 5.75 Å². The quantitative estimate of drug-likeness (QED) is 0.386. The van der Waals surface area contributed by atoms with Crippen LogP contribution in [-0.2, 0) is 13.1 Å². The van der Waals surface area contributed by atoms with Gasteiger partial charge in [-0.05, 0) is 58.4 Å². The van der Waals surface area contributed by atoms with Crippen molar-refractivity contribution in [3.8, 4) is 17.2 Å². The number of rotatable bonds is 8. The molecule has 0 atom stereocenters. The molecule has 0 bridgehead atoms. The Labute approximate surface area is 207 Å². The predicted octanol–water partition coefficient (Wildman–Crippen LogP) is 6.91. The molecule has 35 heavy (non-hydrogen) atoms. The predicted molar refractivity (Wildman–Crippen MR) is 138 cm³/mol. The number of hydrogen-bond donors (Lipinski definition) is 1. The van der Waals surface area contributed by atoms with Crippen molar-refractivity contribution in [2.75, 3.05) is 19.2 Å². The summed E-state index contributed by atoms with van der Waals surface area (Å²) in [5.41, 5.74) is 5.17. The third kappa shape index (κ3) is 5.70. The Morgan fingerprint density at radius 2 is 1.49 bits per heavy atom. The van der Waals surface area contributed by atoms with Gasteiger partial charge in [0.2, 0.25) is 6.79 Å². The molecule has 0 saturated heterocycles. The Morgan fingerprint density at radius 3 is 2.11 bits per heavy atom. The molecule has 184 valence electrons. The van der Waals surface area contributed by atoms with Crippen molar-refractivity contribution in [2.24, 2.45) is 0 Å². The summed E-state index contributed by atoms with van der Waals surface area (Å²) in [7, 11) is 1.65.